The maximum atomic E-state index is 11.0. The summed E-state index contributed by atoms with van der Waals surface area (Å²) >= 11 is 5.80. The second kappa shape index (κ2) is 5.65. The molecule has 5 nitrogen and oxygen atoms in total. The first-order valence-electron chi connectivity index (χ1n) is 5.90. The summed E-state index contributed by atoms with van der Waals surface area (Å²) in [5.41, 5.74) is 0.843. The Morgan fingerprint density at radius 2 is 2.00 bits per heavy atom. The summed E-state index contributed by atoms with van der Waals surface area (Å²) in [6.07, 6.45) is 0. The zero-order valence-corrected chi connectivity index (χ0v) is 11.1. The molecule has 1 saturated heterocycles. The molecule has 0 N–H and O–H groups in total. The number of piperazine rings is 1. The summed E-state index contributed by atoms with van der Waals surface area (Å²) in [6.45, 7) is 4.50. The minimum atomic E-state index is -0.364. The molecule has 2 rings (SSSR count). The molecule has 0 aromatic heterocycles. The molecule has 0 bridgehead atoms. The van der Waals surface area contributed by atoms with Crippen molar-refractivity contribution in [3.05, 3.63) is 38.9 Å². The first kappa shape index (κ1) is 13.3. The highest BCUT2D eigenvalue weighted by Gasteiger charge is 2.19. The highest BCUT2D eigenvalue weighted by atomic mass is 35.5. The largest absolute Gasteiger partial charge is 0.304 e. The number of nitro benzene ring substituents is 1. The third-order valence-electron chi connectivity index (χ3n) is 3.23. The topological polar surface area (TPSA) is 49.6 Å². The molecule has 0 atom stereocenters. The van der Waals surface area contributed by atoms with E-state index >= 15 is 0 Å². The molecule has 0 amide bonds. The van der Waals surface area contributed by atoms with E-state index in [0.29, 0.717) is 11.6 Å². The molecule has 1 fully saturated rings. The molecular formula is C12H16ClN3O2. The van der Waals surface area contributed by atoms with Gasteiger partial charge in [-0.05, 0) is 19.2 Å². The van der Waals surface area contributed by atoms with Crippen LogP contribution in [-0.2, 0) is 6.54 Å². The number of rotatable bonds is 3. The Labute approximate surface area is 111 Å². The SMILES string of the molecule is CN1CCN(Cc2ccc(Cl)cc2[N+](=O)[O-])CC1. The quantitative estimate of drug-likeness (QED) is 0.622. The normalized spacial score (nSPS) is 17.9. The van der Waals surface area contributed by atoms with Crippen LogP contribution in [0.15, 0.2) is 18.2 Å². The Morgan fingerprint density at radius 3 is 2.61 bits per heavy atom. The molecule has 0 radical (unpaired) electrons. The van der Waals surface area contributed by atoms with Crippen molar-refractivity contribution in [1.82, 2.24) is 9.80 Å². The van der Waals surface area contributed by atoms with Gasteiger partial charge in [-0.25, -0.2) is 0 Å². The van der Waals surface area contributed by atoms with E-state index in [0.717, 1.165) is 31.7 Å². The van der Waals surface area contributed by atoms with Gasteiger partial charge in [0.2, 0.25) is 0 Å². The average Bonchev–Trinajstić information content (AvgIpc) is 2.34. The van der Waals surface area contributed by atoms with E-state index in [-0.39, 0.29) is 10.6 Å². The lowest BCUT2D eigenvalue weighted by molar-refractivity contribution is -0.385. The fraction of sp³-hybridized carbons (Fsp3) is 0.500. The van der Waals surface area contributed by atoms with Gasteiger partial charge in [-0.3, -0.25) is 15.0 Å². The van der Waals surface area contributed by atoms with Gasteiger partial charge in [0.05, 0.1) is 4.92 Å². The van der Waals surface area contributed by atoms with Crippen molar-refractivity contribution in [3.8, 4) is 0 Å². The lowest BCUT2D eigenvalue weighted by Gasteiger charge is -2.32. The van der Waals surface area contributed by atoms with Crippen molar-refractivity contribution in [3.63, 3.8) is 0 Å². The van der Waals surface area contributed by atoms with Crippen LogP contribution in [0, 0.1) is 10.1 Å². The van der Waals surface area contributed by atoms with Crippen LogP contribution in [0.1, 0.15) is 5.56 Å². The average molecular weight is 270 g/mol. The van der Waals surface area contributed by atoms with Gasteiger partial charge in [-0.1, -0.05) is 11.6 Å². The maximum Gasteiger partial charge on any atom is 0.275 e. The number of hydrogen-bond acceptors (Lipinski definition) is 4. The predicted molar refractivity (Wildman–Crippen MR) is 70.9 cm³/mol. The van der Waals surface area contributed by atoms with E-state index in [1.165, 1.54) is 6.07 Å². The Kier molecular flexibility index (Phi) is 4.16. The van der Waals surface area contributed by atoms with Crippen LogP contribution < -0.4 is 0 Å². The highest BCUT2D eigenvalue weighted by Crippen LogP contribution is 2.24. The van der Waals surface area contributed by atoms with Gasteiger partial charge < -0.3 is 4.90 Å². The van der Waals surface area contributed by atoms with Crippen LogP contribution in [0.2, 0.25) is 5.02 Å². The van der Waals surface area contributed by atoms with E-state index in [1.54, 1.807) is 12.1 Å². The number of hydrogen-bond donors (Lipinski definition) is 0. The third-order valence-corrected chi connectivity index (χ3v) is 3.47. The molecule has 0 aliphatic carbocycles. The van der Waals surface area contributed by atoms with Gasteiger partial charge >= 0.3 is 0 Å². The minimum absolute atomic E-state index is 0.112. The molecule has 1 aromatic rings. The van der Waals surface area contributed by atoms with Crippen LogP contribution >= 0.6 is 11.6 Å². The first-order chi connectivity index (χ1) is 8.56. The first-order valence-corrected chi connectivity index (χ1v) is 6.28. The lowest BCUT2D eigenvalue weighted by Crippen LogP contribution is -2.43. The van der Waals surface area contributed by atoms with Crippen molar-refractivity contribution < 1.29 is 4.92 Å². The van der Waals surface area contributed by atoms with Crippen LogP contribution in [0.25, 0.3) is 0 Å². The van der Waals surface area contributed by atoms with Gasteiger partial charge in [-0.2, -0.15) is 0 Å². The molecule has 0 spiro atoms. The Morgan fingerprint density at radius 1 is 1.33 bits per heavy atom. The van der Waals surface area contributed by atoms with Gasteiger partial charge in [0, 0.05) is 49.4 Å². The highest BCUT2D eigenvalue weighted by molar-refractivity contribution is 6.30. The summed E-state index contributed by atoms with van der Waals surface area (Å²) in [7, 11) is 2.09. The Hall–Kier alpha value is -1.17. The fourth-order valence-corrected chi connectivity index (χ4v) is 2.25. The van der Waals surface area contributed by atoms with Crippen molar-refractivity contribution in [2.45, 2.75) is 6.54 Å². The number of nitro groups is 1. The van der Waals surface area contributed by atoms with E-state index < -0.39 is 0 Å². The monoisotopic (exact) mass is 269 g/mol. The van der Waals surface area contributed by atoms with Crippen molar-refractivity contribution in [2.24, 2.45) is 0 Å². The second-order valence-corrected chi connectivity index (χ2v) is 5.05. The summed E-state index contributed by atoms with van der Waals surface area (Å²) in [4.78, 5) is 15.1. The third kappa shape index (κ3) is 3.19. The molecule has 98 valence electrons. The summed E-state index contributed by atoms with van der Waals surface area (Å²) in [6, 6.07) is 4.88. The predicted octanol–water partition coefficient (Wildman–Crippen LogP) is 2.00. The van der Waals surface area contributed by atoms with E-state index in [9.17, 15) is 10.1 Å². The number of likely N-dealkylation sites (N-methyl/N-ethyl adjacent to an activating group) is 1. The van der Waals surface area contributed by atoms with E-state index in [1.807, 2.05) is 0 Å². The molecule has 1 aliphatic heterocycles. The van der Waals surface area contributed by atoms with Crippen LogP contribution in [0.3, 0.4) is 0 Å². The maximum absolute atomic E-state index is 11.0. The summed E-state index contributed by atoms with van der Waals surface area (Å²) < 4.78 is 0. The summed E-state index contributed by atoms with van der Waals surface area (Å²) in [5, 5.41) is 11.4. The van der Waals surface area contributed by atoms with Crippen molar-refractivity contribution >= 4 is 17.3 Å². The molecule has 0 saturated carbocycles. The molecule has 1 aliphatic rings. The summed E-state index contributed by atoms with van der Waals surface area (Å²) in [5.74, 6) is 0. The molecule has 18 heavy (non-hydrogen) atoms. The molecular weight excluding hydrogens is 254 g/mol. The van der Waals surface area contributed by atoms with Gasteiger partial charge in [0.25, 0.3) is 5.69 Å². The number of benzene rings is 1. The van der Waals surface area contributed by atoms with Crippen molar-refractivity contribution in [2.75, 3.05) is 33.2 Å². The van der Waals surface area contributed by atoms with Gasteiger partial charge in [0.15, 0.2) is 0 Å². The van der Waals surface area contributed by atoms with Crippen LogP contribution in [-0.4, -0.2) is 47.9 Å². The van der Waals surface area contributed by atoms with Crippen LogP contribution in [0.4, 0.5) is 5.69 Å². The lowest BCUT2D eigenvalue weighted by atomic mass is 10.1. The smallest absolute Gasteiger partial charge is 0.275 e. The fourth-order valence-electron chi connectivity index (χ4n) is 2.09. The number of nitrogens with zero attached hydrogens (tertiary/aromatic N) is 3. The second-order valence-electron chi connectivity index (χ2n) is 4.61. The molecule has 1 heterocycles. The molecule has 0 unspecified atom stereocenters. The standard InChI is InChI=1S/C12H16ClN3O2/c1-14-4-6-15(7-5-14)9-10-2-3-11(13)8-12(10)16(17)18/h2-3,8H,4-7,9H2,1H3. The minimum Gasteiger partial charge on any atom is -0.304 e. The number of halogens is 1. The van der Waals surface area contributed by atoms with Crippen LogP contribution in [0.5, 0.6) is 0 Å². The van der Waals surface area contributed by atoms with Gasteiger partial charge in [-0.15, -0.1) is 0 Å². The van der Waals surface area contributed by atoms with Gasteiger partial charge in [0.1, 0.15) is 0 Å². The van der Waals surface area contributed by atoms with Crippen molar-refractivity contribution in [1.29, 1.82) is 0 Å². The molecule has 1 aromatic carbocycles. The van der Waals surface area contributed by atoms with E-state index in [2.05, 4.69) is 16.8 Å². The molecule has 6 heteroatoms. The zero-order valence-electron chi connectivity index (χ0n) is 10.3. The Bertz CT molecular complexity index is 445. The Balaban J connectivity index is 2.11. The van der Waals surface area contributed by atoms with E-state index in [4.69, 9.17) is 11.6 Å². The zero-order chi connectivity index (χ0) is 13.1.